The molecule has 0 radical (unpaired) electrons. The van der Waals surface area contributed by atoms with Crippen LogP contribution in [0.5, 0.6) is 0 Å². The summed E-state index contributed by atoms with van der Waals surface area (Å²) < 4.78 is 0. The smallest absolute Gasteiger partial charge is 0.290 e. The van der Waals surface area contributed by atoms with Gasteiger partial charge in [0.15, 0.2) is 0 Å². The van der Waals surface area contributed by atoms with Crippen LogP contribution >= 0.6 is 49.6 Å². The number of carboxylic acid groups (broad SMARTS) is 1. The van der Waals surface area contributed by atoms with Gasteiger partial charge in [-0.1, -0.05) is 0 Å². The predicted molar refractivity (Wildman–Crippen MR) is 37.7 cm³/mol. The predicted octanol–water partition coefficient (Wildman–Crippen LogP) is 1.39. The molecule has 0 fully saturated rings. The standard InChI is InChI=1S/CH2O2.4ClH.Zn/c2-1-3;;;;;/h1H,(H,2,3);4*1H;. The van der Waals surface area contributed by atoms with Crippen LogP contribution in [0.1, 0.15) is 0 Å². The molecular formula is CH6Cl4O2Zn. The Balaban J connectivity index is -0.00000000200. The molecule has 0 saturated heterocycles. The molecule has 8 heavy (non-hydrogen) atoms. The van der Waals surface area contributed by atoms with E-state index in [0.717, 1.165) is 0 Å². The number of carbonyl (C=O) groups is 1. The zero-order valence-corrected chi connectivity index (χ0v) is 10.0. The Morgan fingerprint density at radius 3 is 1.00 bits per heavy atom. The SMILES string of the molecule is Cl.Cl.Cl.Cl.O=CO.[Zn]. The van der Waals surface area contributed by atoms with Crippen molar-refractivity contribution in [1.29, 1.82) is 0 Å². The van der Waals surface area contributed by atoms with E-state index >= 15 is 0 Å². The Bertz CT molecular complexity index is 21.5. The summed E-state index contributed by atoms with van der Waals surface area (Å²) >= 11 is 0. The Kier molecular flexibility index (Phi) is 637. The quantitative estimate of drug-likeness (QED) is 0.526. The molecule has 0 aromatic carbocycles. The van der Waals surface area contributed by atoms with E-state index in [-0.39, 0.29) is 75.6 Å². The third kappa shape index (κ3) is 181. The van der Waals surface area contributed by atoms with E-state index in [1.807, 2.05) is 0 Å². The maximum absolute atomic E-state index is 8.36. The van der Waals surface area contributed by atoms with Crippen LogP contribution < -0.4 is 0 Å². The molecule has 0 aromatic heterocycles. The summed E-state index contributed by atoms with van der Waals surface area (Å²) in [6, 6.07) is 0. The van der Waals surface area contributed by atoms with Gasteiger partial charge in [-0.25, -0.2) is 0 Å². The van der Waals surface area contributed by atoms with Crippen molar-refractivity contribution in [3.63, 3.8) is 0 Å². The zero-order chi connectivity index (χ0) is 2.71. The summed E-state index contributed by atoms with van der Waals surface area (Å²) in [5.41, 5.74) is 0. The van der Waals surface area contributed by atoms with Crippen molar-refractivity contribution in [3.05, 3.63) is 0 Å². The maximum Gasteiger partial charge on any atom is 0.290 e. The third-order valence-electron chi connectivity index (χ3n) is 0. The van der Waals surface area contributed by atoms with Crippen molar-refractivity contribution in [1.82, 2.24) is 0 Å². The van der Waals surface area contributed by atoms with Gasteiger partial charge in [-0.15, -0.1) is 49.6 Å². The average molecular weight is 257 g/mol. The fourth-order valence-electron chi connectivity index (χ4n) is 0. The van der Waals surface area contributed by atoms with Crippen LogP contribution in [0.15, 0.2) is 0 Å². The van der Waals surface area contributed by atoms with Crippen LogP contribution in [-0.2, 0) is 24.3 Å². The van der Waals surface area contributed by atoms with E-state index in [1.54, 1.807) is 0 Å². The molecule has 7 heteroatoms. The van der Waals surface area contributed by atoms with Crippen molar-refractivity contribution >= 4 is 56.1 Å². The molecule has 0 rings (SSSR count). The molecule has 0 aliphatic rings. The largest absolute Gasteiger partial charge is 0.483 e. The van der Waals surface area contributed by atoms with Crippen molar-refractivity contribution < 1.29 is 29.4 Å². The first-order chi connectivity index (χ1) is 1.41. The van der Waals surface area contributed by atoms with E-state index in [9.17, 15) is 0 Å². The van der Waals surface area contributed by atoms with Crippen molar-refractivity contribution in [2.45, 2.75) is 0 Å². The van der Waals surface area contributed by atoms with Crippen LogP contribution in [0.2, 0.25) is 0 Å². The van der Waals surface area contributed by atoms with Crippen molar-refractivity contribution in [2.24, 2.45) is 0 Å². The zero-order valence-electron chi connectivity index (χ0n) is 3.77. The minimum Gasteiger partial charge on any atom is -0.483 e. The van der Waals surface area contributed by atoms with Crippen LogP contribution in [0.4, 0.5) is 0 Å². The molecule has 0 aliphatic heterocycles. The second-order valence-electron chi connectivity index (χ2n) is 0.105. The van der Waals surface area contributed by atoms with E-state index in [4.69, 9.17) is 9.90 Å². The summed E-state index contributed by atoms with van der Waals surface area (Å²) in [7, 11) is 0. The molecule has 0 spiro atoms. The molecular weight excluding hydrogens is 251 g/mol. The van der Waals surface area contributed by atoms with Gasteiger partial charge in [-0.2, -0.15) is 0 Å². The second-order valence-corrected chi connectivity index (χ2v) is 0.105. The molecule has 0 heterocycles. The summed E-state index contributed by atoms with van der Waals surface area (Å²) in [6.07, 6.45) is 0. The van der Waals surface area contributed by atoms with E-state index in [2.05, 4.69) is 0 Å². The molecule has 0 saturated carbocycles. The number of hydrogen-bond donors (Lipinski definition) is 1. The van der Waals surface area contributed by atoms with E-state index in [0.29, 0.717) is 0 Å². The minimum atomic E-state index is -0.250. The molecule has 2 nitrogen and oxygen atoms in total. The van der Waals surface area contributed by atoms with Gasteiger partial charge in [-0.05, 0) is 0 Å². The van der Waals surface area contributed by atoms with Gasteiger partial charge in [-0.3, -0.25) is 4.79 Å². The average Bonchev–Trinajstić information content (AvgIpc) is 0.918. The molecule has 0 bridgehead atoms. The van der Waals surface area contributed by atoms with Crippen LogP contribution in [0.25, 0.3) is 0 Å². The van der Waals surface area contributed by atoms with Crippen molar-refractivity contribution in [3.8, 4) is 0 Å². The third-order valence-corrected chi connectivity index (χ3v) is 0. The van der Waals surface area contributed by atoms with E-state index < -0.39 is 0 Å². The van der Waals surface area contributed by atoms with Crippen LogP contribution in [0.3, 0.4) is 0 Å². The number of halogens is 4. The summed E-state index contributed by atoms with van der Waals surface area (Å²) in [5, 5.41) is 6.89. The number of hydrogen-bond acceptors (Lipinski definition) is 1. The van der Waals surface area contributed by atoms with E-state index in [1.165, 1.54) is 0 Å². The molecule has 0 amide bonds. The molecule has 0 unspecified atom stereocenters. The van der Waals surface area contributed by atoms with Gasteiger partial charge in [0, 0.05) is 19.5 Å². The Morgan fingerprint density at radius 2 is 1.00 bits per heavy atom. The van der Waals surface area contributed by atoms with Crippen LogP contribution in [0, 0.1) is 0 Å². The molecule has 1 N–H and O–H groups in total. The van der Waals surface area contributed by atoms with Crippen molar-refractivity contribution in [2.75, 3.05) is 0 Å². The van der Waals surface area contributed by atoms with Gasteiger partial charge in [0.2, 0.25) is 0 Å². The van der Waals surface area contributed by atoms with Gasteiger partial charge in [0.1, 0.15) is 0 Å². The molecule has 52 valence electrons. The number of rotatable bonds is 0. The van der Waals surface area contributed by atoms with Crippen LogP contribution in [-0.4, -0.2) is 11.6 Å². The van der Waals surface area contributed by atoms with Gasteiger partial charge in [0.25, 0.3) is 6.47 Å². The fraction of sp³-hybridized carbons (Fsp3) is 0. The van der Waals surface area contributed by atoms with Gasteiger partial charge < -0.3 is 5.11 Å². The first kappa shape index (κ1) is 59.6. The topological polar surface area (TPSA) is 37.3 Å². The summed E-state index contributed by atoms with van der Waals surface area (Å²) in [6.45, 7) is -0.250. The minimum absolute atomic E-state index is 0. The molecule has 0 aliphatic carbocycles. The first-order valence-electron chi connectivity index (χ1n) is 0.494. The van der Waals surface area contributed by atoms with Gasteiger partial charge >= 0.3 is 0 Å². The second kappa shape index (κ2) is 85.5. The molecule has 0 atom stereocenters. The summed E-state index contributed by atoms with van der Waals surface area (Å²) in [4.78, 5) is 8.36. The molecule has 0 aromatic rings. The maximum atomic E-state index is 8.36. The Hall–Kier alpha value is 1.25. The Morgan fingerprint density at radius 1 is 1.00 bits per heavy atom. The van der Waals surface area contributed by atoms with Gasteiger partial charge in [0.05, 0.1) is 0 Å². The monoisotopic (exact) mass is 254 g/mol. The normalized spacial score (nSPS) is 1.50. The fourth-order valence-corrected chi connectivity index (χ4v) is 0. The summed E-state index contributed by atoms with van der Waals surface area (Å²) in [5.74, 6) is 0. The Labute approximate surface area is 85.2 Å². The first-order valence-corrected chi connectivity index (χ1v) is 0.494.